The van der Waals surface area contributed by atoms with Gasteiger partial charge in [-0.05, 0) is 19.2 Å². The summed E-state index contributed by atoms with van der Waals surface area (Å²) in [5.74, 6) is -0.568. The van der Waals surface area contributed by atoms with Crippen molar-refractivity contribution in [2.75, 3.05) is 30.8 Å². The highest BCUT2D eigenvalue weighted by Crippen LogP contribution is 2.39. The number of nitrogens with zero attached hydrogens (tertiary/aromatic N) is 6. The first-order valence-electron chi connectivity index (χ1n) is 13.7. The number of rotatable bonds is 5. The average Bonchev–Trinajstić information content (AvgIpc) is 3.50. The average molecular weight is 566 g/mol. The van der Waals surface area contributed by atoms with E-state index in [1.165, 1.54) is 0 Å². The molecule has 4 aromatic rings. The highest BCUT2D eigenvalue weighted by atomic mass is 16.3. The number of aromatic hydroxyl groups is 1. The third kappa shape index (κ3) is 4.68. The van der Waals surface area contributed by atoms with Crippen molar-refractivity contribution >= 4 is 23.2 Å². The summed E-state index contributed by atoms with van der Waals surface area (Å²) in [6, 6.07) is 12.1. The molecule has 2 aromatic carbocycles. The molecule has 42 heavy (non-hydrogen) atoms. The number of phenols is 1. The molecule has 4 N–H and O–H groups in total. The summed E-state index contributed by atoms with van der Waals surface area (Å²) in [7, 11) is 5.64. The van der Waals surface area contributed by atoms with E-state index in [1.54, 1.807) is 52.6 Å². The number of para-hydroxylation sites is 1. The van der Waals surface area contributed by atoms with Gasteiger partial charge in [-0.1, -0.05) is 24.3 Å². The maximum Gasteiger partial charge on any atom is 0.291 e. The van der Waals surface area contributed by atoms with E-state index >= 15 is 0 Å². The van der Waals surface area contributed by atoms with E-state index in [4.69, 9.17) is 0 Å². The molecule has 0 saturated heterocycles. The molecule has 0 spiro atoms. The molecule has 0 fully saturated rings. The van der Waals surface area contributed by atoms with Crippen LogP contribution in [0.4, 0.5) is 11.4 Å². The molecule has 0 atom stereocenters. The summed E-state index contributed by atoms with van der Waals surface area (Å²) in [6.45, 7) is 2.97. The maximum atomic E-state index is 13.3. The number of carbonyl (C=O) groups excluding carboxylic acids is 2. The van der Waals surface area contributed by atoms with Crippen molar-refractivity contribution in [2.45, 2.75) is 25.9 Å². The summed E-state index contributed by atoms with van der Waals surface area (Å²) >= 11 is 0. The number of benzene rings is 2. The summed E-state index contributed by atoms with van der Waals surface area (Å²) in [5.41, 5.74) is 5.12. The van der Waals surface area contributed by atoms with Gasteiger partial charge < -0.3 is 35.1 Å². The van der Waals surface area contributed by atoms with Gasteiger partial charge in [-0.2, -0.15) is 5.26 Å². The van der Waals surface area contributed by atoms with Crippen molar-refractivity contribution in [1.82, 2.24) is 29.3 Å². The van der Waals surface area contributed by atoms with Crippen molar-refractivity contribution in [3.05, 3.63) is 76.4 Å². The predicted octanol–water partition coefficient (Wildman–Crippen LogP) is 2.54. The summed E-state index contributed by atoms with van der Waals surface area (Å²) < 4.78 is 3.59. The first-order chi connectivity index (χ1) is 20.3. The maximum absolute atomic E-state index is 13.3. The number of hydrogen-bond acceptors (Lipinski definition) is 8. The number of nitriles is 1. The Hall–Kier alpha value is -4.99. The first-order valence-corrected chi connectivity index (χ1v) is 13.7. The monoisotopic (exact) mass is 565 g/mol. The number of imidazole rings is 2. The van der Waals surface area contributed by atoms with E-state index < -0.39 is 11.8 Å². The molecule has 4 heterocycles. The van der Waals surface area contributed by atoms with Crippen LogP contribution in [-0.4, -0.2) is 61.1 Å². The Bertz CT molecular complexity index is 1780. The van der Waals surface area contributed by atoms with Crippen LogP contribution in [0.15, 0.2) is 36.4 Å². The van der Waals surface area contributed by atoms with E-state index in [1.807, 2.05) is 14.1 Å². The number of phenolic OH excluding ortho intramolecular Hbond substituents is 1. The van der Waals surface area contributed by atoms with Crippen LogP contribution in [0, 0.1) is 11.3 Å². The Balaban J connectivity index is 1.28. The fourth-order valence-electron chi connectivity index (χ4n) is 5.74. The van der Waals surface area contributed by atoms with Crippen LogP contribution in [0.5, 0.6) is 5.75 Å². The highest BCUT2D eigenvalue weighted by molar-refractivity contribution is 6.05. The van der Waals surface area contributed by atoms with Gasteiger partial charge in [0.1, 0.15) is 11.8 Å². The number of anilines is 2. The minimum absolute atomic E-state index is 0.174. The molecule has 2 aliphatic heterocycles. The Labute approximate surface area is 242 Å². The number of likely N-dealkylation sites (N-methyl/N-ethyl adjacent to an activating group) is 1. The van der Waals surface area contributed by atoms with Gasteiger partial charge in [-0.15, -0.1) is 0 Å². The molecular formula is C30H31N9O3. The molecule has 12 heteroatoms. The number of fused-ring (bicyclic) bond motifs is 2. The minimum Gasteiger partial charge on any atom is -0.505 e. The lowest BCUT2D eigenvalue weighted by atomic mass is 9.97. The quantitative estimate of drug-likeness (QED) is 0.269. The highest BCUT2D eigenvalue weighted by Gasteiger charge is 2.26. The Morgan fingerprint density at radius 2 is 1.52 bits per heavy atom. The van der Waals surface area contributed by atoms with Crippen molar-refractivity contribution < 1.29 is 14.7 Å². The number of nitrogens with one attached hydrogen (secondary N) is 3. The van der Waals surface area contributed by atoms with Gasteiger partial charge in [0.15, 0.2) is 11.6 Å². The molecular weight excluding hydrogens is 534 g/mol. The van der Waals surface area contributed by atoms with Crippen molar-refractivity contribution in [1.29, 1.82) is 5.26 Å². The van der Waals surface area contributed by atoms with E-state index in [0.717, 1.165) is 48.7 Å². The smallest absolute Gasteiger partial charge is 0.291 e. The van der Waals surface area contributed by atoms with E-state index in [-0.39, 0.29) is 28.6 Å². The molecule has 0 bridgehead atoms. The third-order valence-electron chi connectivity index (χ3n) is 7.98. The lowest BCUT2D eigenvalue weighted by Crippen LogP contribution is -2.27. The fourth-order valence-corrected chi connectivity index (χ4v) is 5.74. The summed E-state index contributed by atoms with van der Waals surface area (Å²) in [5, 5.41) is 30.2. The number of carbonyl (C=O) groups is 2. The number of aromatic nitrogens is 4. The zero-order valence-electron chi connectivity index (χ0n) is 23.7. The van der Waals surface area contributed by atoms with Crippen LogP contribution in [0.2, 0.25) is 0 Å². The minimum atomic E-state index is -0.454. The van der Waals surface area contributed by atoms with Crippen LogP contribution in [-0.2, 0) is 40.0 Å². The van der Waals surface area contributed by atoms with Gasteiger partial charge in [-0.3, -0.25) is 9.59 Å². The van der Waals surface area contributed by atoms with Gasteiger partial charge in [0.2, 0.25) is 0 Å². The standard InChI is InChI=1S/C30H31N9O3/c1-37-13-11-25-23(16-37)34-28(39(25)3)29(41)35-20-8-4-6-17(19(20)14-31)18-7-5-9-21(26(18)40)36-30(42)27-33-22-15-32-12-10-24(22)38(27)2/h4-9,32,40H,10-13,15-16H2,1-3H3,(H,35,41)(H,36,42). The van der Waals surface area contributed by atoms with Crippen LogP contribution in [0.1, 0.15) is 49.6 Å². The normalized spacial score (nSPS) is 14.5. The summed E-state index contributed by atoms with van der Waals surface area (Å²) in [6.07, 6.45) is 1.57. The van der Waals surface area contributed by atoms with Gasteiger partial charge in [0.25, 0.3) is 11.8 Å². The molecule has 6 rings (SSSR count). The Morgan fingerprint density at radius 3 is 2.21 bits per heavy atom. The number of hydrogen-bond donors (Lipinski definition) is 4. The molecule has 0 radical (unpaired) electrons. The van der Waals surface area contributed by atoms with Crippen molar-refractivity contribution in [2.24, 2.45) is 14.1 Å². The van der Waals surface area contributed by atoms with Gasteiger partial charge in [0.05, 0.1) is 28.3 Å². The lowest BCUT2D eigenvalue weighted by Gasteiger charge is -2.21. The topological polar surface area (TPSA) is 153 Å². The van der Waals surface area contributed by atoms with Crippen molar-refractivity contribution in [3.63, 3.8) is 0 Å². The second kappa shape index (κ2) is 10.8. The van der Waals surface area contributed by atoms with Crippen molar-refractivity contribution in [3.8, 4) is 22.9 Å². The Morgan fingerprint density at radius 1 is 0.905 bits per heavy atom. The molecule has 214 valence electrons. The fraction of sp³-hybridized carbons (Fsp3) is 0.300. The van der Waals surface area contributed by atoms with Crippen LogP contribution in [0.3, 0.4) is 0 Å². The zero-order valence-corrected chi connectivity index (χ0v) is 23.7. The number of amides is 2. The van der Waals surface area contributed by atoms with Gasteiger partial charge in [-0.25, -0.2) is 9.97 Å². The molecule has 2 amide bonds. The predicted molar refractivity (Wildman–Crippen MR) is 156 cm³/mol. The third-order valence-corrected chi connectivity index (χ3v) is 7.98. The molecule has 0 unspecified atom stereocenters. The molecule has 0 aliphatic carbocycles. The molecule has 12 nitrogen and oxygen atoms in total. The molecule has 2 aromatic heterocycles. The van der Waals surface area contributed by atoms with Gasteiger partial charge in [0, 0.05) is 75.6 Å². The van der Waals surface area contributed by atoms with Crippen LogP contribution >= 0.6 is 0 Å². The van der Waals surface area contributed by atoms with E-state index in [2.05, 4.69) is 36.9 Å². The molecule has 0 saturated carbocycles. The van der Waals surface area contributed by atoms with Gasteiger partial charge >= 0.3 is 0 Å². The summed E-state index contributed by atoms with van der Waals surface area (Å²) in [4.78, 5) is 37.7. The van der Waals surface area contributed by atoms with Crippen LogP contribution in [0.25, 0.3) is 11.1 Å². The van der Waals surface area contributed by atoms with E-state index in [0.29, 0.717) is 29.9 Å². The van der Waals surface area contributed by atoms with Crippen LogP contribution < -0.4 is 16.0 Å². The second-order valence-electron chi connectivity index (χ2n) is 10.6. The Kier molecular flexibility index (Phi) is 6.97. The zero-order chi connectivity index (χ0) is 29.5. The molecule has 2 aliphatic rings. The lowest BCUT2D eigenvalue weighted by molar-refractivity contribution is 0.100. The largest absolute Gasteiger partial charge is 0.505 e. The first kappa shape index (κ1) is 27.2. The SMILES string of the molecule is CN1CCc2c(nc(C(=O)Nc3cccc(-c4cccc(NC(=O)c5nc6c(n5C)CCNC6)c4O)c3C#N)n2C)C1. The second-order valence-corrected chi connectivity index (χ2v) is 10.6. The van der Waals surface area contributed by atoms with E-state index in [9.17, 15) is 20.0 Å².